The van der Waals surface area contributed by atoms with Crippen molar-refractivity contribution in [3.63, 3.8) is 0 Å². The van der Waals surface area contributed by atoms with Crippen LogP contribution in [0.1, 0.15) is 47.7 Å². The summed E-state index contributed by atoms with van der Waals surface area (Å²) in [5.74, 6) is 3.31. The van der Waals surface area contributed by atoms with E-state index in [9.17, 15) is 0 Å². The maximum absolute atomic E-state index is 6.01. The molecule has 26 heavy (non-hydrogen) atoms. The van der Waals surface area contributed by atoms with E-state index in [1.54, 1.807) is 17.6 Å². The first-order chi connectivity index (χ1) is 11.6. The summed E-state index contributed by atoms with van der Waals surface area (Å²) in [6, 6.07) is 4.01. The second-order valence-electron chi connectivity index (χ2n) is 6.65. The number of hydrogen-bond donors (Lipinski definition) is 2. The van der Waals surface area contributed by atoms with Gasteiger partial charge in [-0.3, -0.25) is 0 Å². The molecular weight excluding hydrogens is 391 g/mol. The molecule has 0 saturated heterocycles. The van der Waals surface area contributed by atoms with Gasteiger partial charge >= 0.3 is 0 Å². The normalized spacial score (nSPS) is 14.6. The summed E-state index contributed by atoms with van der Waals surface area (Å²) >= 11 is 1.76. The number of aromatic nitrogens is 2. The van der Waals surface area contributed by atoms with Crippen molar-refractivity contribution in [1.29, 1.82) is 0 Å². The smallest absolute Gasteiger partial charge is 0.148 e. The van der Waals surface area contributed by atoms with Gasteiger partial charge in [-0.25, -0.2) is 9.97 Å². The second-order valence-corrected chi connectivity index (χ2v) is 7.75. The molecular formula is C18H24Cl2N4OS. The van der Waals surface area contributed by atoms with Crippen LogP contribution in [-0.2, 0) is 13.0 Å². The molecule has 1 saturated carbocycles. The number of aryl methyl sites for hydroxylation is 1. The van der Waals surface area contributed by atoms with Crippen molar-refractivity contribution < 1.29 is 4.42 Å². The zero-order chi connectivity index (χ0) is 16.7. The molecule has 0 bridgehead atoms. The van der Waals surface area contributed by atoms with Crippen LogP contribution in [0, 0.1) is 6.92 Å². The number of fused-ring (bicyclic) bond motifs is 1. The van der Waals surface area contributed by atoms with Gasteiger partial charge in [-0.2, -0.15) is 0 Å². The van der Waals surface area contributed by atoms with Crippen molar-refractivity contribution >= 4 is 52.2 Å². The van der Waals surface area contributed by atoms with Gasteiger partial charge in [0.05, 0.1) is 23.0 Å². The van der Waals surface area contributed by atoms with Gasteiger partial charge in [-0.05, 0) is 50.8 Å². The number of nitrogens with one attached hydrogen (secondary N) is 1. The van der Waals surface area contributed by atoms with Crippen LogP contribution < -0.4 is 11.1 Å². The van der Waals surface area contributed by atoms with Gasteiger partial charge in [0.25, 0.3) is 0 Å². The Labute approximate surface area is 169 Å². The number of hydrogen-bond acceptors (Lipinski definition) is 6. The first-order valence-corrected chi connectivity index (χ1v) is 9.25. The molecule has 1 aliphatic rings. The highest BCUT2D eigenvalue weighted by Crippen LogP contribution is 2.42. The topological polar surface area (TPSA) is 77.0 Å². The standard InChI is InChI=1S/C18H22N4OS.2ClH/c1-10(19)8-14-11(2)15-16(24-14)18(20-9-13-4-3-7-23-13)22-17(21-15)12-5-6-12;;/h3-4,7,10,12H,5-6,8-9,19H2,1-2H3,(H,20,21,22);2*1H/t10-;;/m0../s1. The lowest BCUT2D eigenvalue weighted by Crippen LogP contribution is -2.17. The maximum Gasteiger partial charge on any atom is 0.148 e. The zero-order valence-corrected chi connectivity index (χ0v) is 17.3. The van der Waals surface area contributed by atoms with Gasteiger partial charge in [-0.15, -0.1) is 36.2 Å². The van der Waals surface area contributed by atoms with E-state index in [4.69, 9.17) is 20.1 Å². The predicted molar refractivity (Wildman–Crippen MR) is 112 cm³/mol. The minimum atomic E-state index is 0. The second kappa shape index (κ2) is 8.57. The molecule has 1 atom stereocenters. The zero-order valence-electron chi connectivity index (χ0n) is 14.8. The number of nitrogens with zero attached hydrogens (tertiary/aromatic N) is 2. The highest BCUT2D eigenvalue weighted by molar-refractivity contribution is 7.19. The Morgan fingerprint density at radius 3 is 2.73 bits per heavy atom. The highest BCUT2D eigenvalue weighted by Gasteiger charge is 2.28. The monoisotopic (exact) mass is 414 g/mol. The molecule has 0 amide bonds. The molecule has 1 fully saturated rings. The minimum absolute atomic E-state index is 0. The molecule has 1 aliphatic carbocycles. The summed E-state index contributed by atoms with van der Waals surface area (Å²) < 4.78 is 6.54. The van der Waals surface area contributed by atoms with E-state index in [2.05, 4.69) is 12.2 Å². The van der Waals surface area contributed by atoms with Gasteiger partial charge in [0, 0.05) is 16.8 Å². The first-order valence-electron chi connectivity index (χ1n) is 8.43. The number of furan rings is 1. The van der Waals surface area contributed by atoms with E-state index in [0.717, 1.165) is 34.0 Å². The third-order valence-electron chi connectivity index (χ3n) is 4.34. The largest absolute Gasteiger partial charge is 0.467 e. The van der Waals surface area contributed by atoms with Crippen LogP contribution in [0.5, 0.6) is 0 Å². The predicted octanol–water partition coefficient (Wildman–Crippen LogP) is 4.82. The first kappa shape index (κ1) is 21.0. The fraction of sp³-hybridized carbons (Fsp3) is 0.444. The number of thiophene rings is 1. The van der Waals surface area contributed by atoms with Crippen molar-refractivity contribution in [3.05, 3.63) is 40.4 Å². The Bertz CT molecular complexity index is 860. The molecule has 0 aliphatic heterocycles. The highest BCUT2D eigenvalue weighted by atomic mass is 35.5. The number of halogens is 2. The SMILES string of the molecule is Cc1c(C[C@H](C)N)sc2c(NCc3ccco3)nc(C3CC3)nc12.Cl.Cl. The minimum Gasteiger partial charge on any atom is -0.467 e. The molecule has 0 unspecified atom stereocenters. The molecule has 8 heteroatoms. The van der Waals surface area contributed by atoms with Crippen molar-refractivity contribution in [1.82, 2.24) is 9.97 Å². The fourth-order valence-corrected chi connectivity index (χ4v) is 4.22. The van der Waals surface area contributed by atoms with Crippen LogP contribution in [0.15, 0.2) is 22.8 Å². The summed E-state index contributed by atoms with van der Waals surface area (Å²) in [7, 11) is 0. The van der Waals surface area contributed by atoms with Crippen LogP contribution in [-0.4, -0.2) is 16.0 Å². The Hall–Kier alpha value is -1.34. The van der Waals surface area contributed by atoms with Crippen molar-refractivity contribution in [2.45, 2.75) is 51.6 Å². The van der Waals surface area contributed by atoms with Crippen molar-refractivity contribution in [3.8, 4) is 0 Å². The van der Waals surface area contributed by atoms with Gasteiger partial charge in [0.1, 0.15) is 17.4 Å². The lowest BCUT2D eigenvalue weighted by molar-refractivity contribution is 0.518. The van der Waals surface area contributed by atoms with Gasteiger partial charge in [-0.1, -0.05) is 0 Å². The Morgan fingerprint density at radius 1 is 1.35 bits per heavy atom. The number of nitrogens with two attached hydrogens (primary N) is 1. The van der Waals surface area contributed by atoms with E-state index < -0.39 is 0 Å². The summed E-state index contributed by atoms with van der Waals surface area (Å²) in [6.07, 6.45) is 4.96. The van der Waals surface area contributed by atoms with E-state index in [-0.39, 0.29) is 30.9 Å². The Balaban J connectivity index is 0.00000121. The number of anilines is 1. The van der Waals surface area contributed by atoms with Crippen LogP contribution in [0.25, 0.3) is 10.2 Å². The molecule has 0 radical (unpaired) electrons. The van der Waals surface area contributed by atoms with E-state index >= 15 is 0 Å². The molecule has 3 aromatic rings. The van der Waals surface area contributed by atoms with Crippen LogP contribution in [0.2, 0.25) is 0 Å². The third kappa shape index (κ3) is 4.31. The molecule has 142 valence electrons. The van der Waals surface area contributed by atoms with E-state index in [1.165, 1.54) is 23.3 Å². The molecule has 4 rings (SSSR count). The number of rotatable bonds is 6. The third-order valence-corrected chi connectivity index (χ3v) is 5.65. The average molecular weight is 415 g/mol. The van der Waals surface area contributed by atoms with E-state index in [0.29, 0.717) is 12.5 Å². The van der Waals surface area contributed by atoms with E-state index in [1.807, 2.05) is 19.1 Å². The molecule has 5 nitrogen and oxygen atoms in total. The van der Waals surface area contributed by atoms with Gasteiger partial charge in [0.2, 0.25) is 0 Å². The van der Waals surface area contributed by atoms with Gasteiger partial charge < -0.3 is 15.5 Å². The fourth-order valence-electron chi connectivity index (χ4n) is 2.87. The summed E-state index contributed by atoms with van der Waals surface area (Å²) in [5, 5.41) is 3.44. The van der Waals surface area contributed by atoms with Crippen molar-refractivity contribution in [2.75, 3.05) is 5.32 Å². The molecule has 0 aromatic carbocycles. The quantitative estimate of drug-likeness (QED) is 0.604. The Kier molecular flexibility index (Phi) is 6.91. The maximum atomic E-state index is 6.01. The van der Waals surface area contributed by atoms with Crippen LogP contribution >= 0.6 is 36.2 Å². The molecule has 3 aromatic heterocycles. The van der Waals surface area contributed by atoms with Crippen molar-refractivity contribution in [2.24, 2.45) is 5.73 Å². The lowest BCUT2D eigenvalue weighted by Gasteiger charge is -2.07. The molecule has 0 spiro atoms. The Morgan fingerprint density at radius 2 is 2.12 bits per heavy atom. The molecule has 3 N–H and O–H groups in total. The van der Waals surface area contributed by atoms with Crippen LogP contribution in [0.4, 0.5) is 5.82 Å². The van der Waals surface area contributed by atoms with Crippen LogP contribution in [0.3, 0.4) is 0 Å². The summed E-state index contributed by atoms with van der Waals surface area (Å²) in [5.41, 5.74) is 8.33. The molecule has 3 heterocycles. The summed E-state index contributed by atoms with van der Waals surface area (Å²) in [4.78, 5) is 11.0. The summed E-state index contributed by atoms with van der Waals surface area (Å²) in [6.45, 7) is 4.82. The average Bonchev–Trinajstić information content (AvgIpc) is 3.19. The van der Waals surface area contributed by atoms with Gasteiger partial charge in [0.15, 0.2) is 0 Å². The lowest BCUT2D eigenvalue weighted by atomic mass is 10.1.